The second-order valence-corrected chi connectivity index (χ2v) is 5.72. The normalized spacial score (nSPS) is 11.1. The van der Waals surface area contributed by atoms with E-state index < -0.39 is 0 Å². The predicted molar refractivity (Wildman–Crippen MR) is 84.4 cm³/mol. The summed E-state index contributed by atoms with van der Waals surface area (Å²) in [6.07, 6.45) is 0. The largest absolute Gasteiger partial charge is 0.496 e. The van der Waals surface area contributed by atoms with Gasteiger partial charge in [0.2, 0.25) is 0 Å². The molecule has 2 rings (SSSR count). The summed E-state index contributed by atoms with van der Waals surface area (Å²) < 4.78 is 6.48. The summed E-state index contributed by atoms with van der Waals surface area (Å²) in [6.45, 7) is 6.42. The first-order chi connectivity index (χ1) is 9.01. The van der Waals surface area contributed by atoms with Gasteiger partial charge in [-0.25, -0.2) is 0 Å². The van der Waals surface area contributed by atoms with Gasteiger partial charge in [-0.15, -0.1) is 0 Å². The van der Waals surface area contributed by atoms with Gasteiger partial charge in [-0.3, -0.25) is 4.98 Å². The first kappa shape index (κ1) is 14.1. The van der Waals surface area contributed by atoms with E-state index in [1.54, 1.807) is 7.11 Å². The molecule has 0 aliphatic carbocycles. The van der Waals surface area contributed by atoms with E-state index in [0.29, 0.717) is 5.92 Å². The van der Waals surface area contributed by atoms with E-state index in [1.165, 1.54) is 5.56 Å². The molecule has 102 valence electrons. The molecule has 0 spiro atoms. The second-order valence-electron chi connectivity index (χ2n) is 4.86. The van der Waals surface area contributed by atoms with E-state index in [4.69, 9.17) is 9.72 Å². The number of anilines is 1. The number of nitrogens with zero attached hydrogens (tertiary/aromatic N) is 1. The Hall–Kier alpha value is -1.29. The zero-order valence-corrected chi connectivity index (χ0v) is 13.6. The van der Waals surface area contributed by atoms with Crippen LogP contribution in [0.2, 0.25) is 0 Å². The first-order valence-electron chi connectivity index (χ1n) is 6.35. The number of halogens is 1. The number of nitrogens with one attached hydrogen (secondary N) is 1. The van der Waals surface area contributed by atoms with Gasteiger partial charge in [0.1, 0.15) is 5.75 Å². The number of rotatable bonds is 3. The molecule has 0 bridgehead atoms. The minimum absolute atomic E-state index is 0.406. The molecule has 0 unspecified atom stereocenters. The van der Waals surface area contributed by atoms with Gasteiger partial charge in [0, 0.05) is 17.2 Å². The van der Waals surface area contributed by atoms with Crippen LogP contribution in [0.1, 0.15) is 31.0 Å². The zero-order chi connectivity index (χ0) is 14.2. The molecule has 1 aromatic heterocycles. The van der Waals surface area contributed by atoms with Crippen molar-refractivity contribution in [2.45, 2.75) is 26.7 Å². The van der Waals surface area contributed by atoms with Crippen LogP contribution in [-0.4, -0.2) is 19.1 Å². The molecule has 19 heavy (non-hydrogen) atoms. The number of fused-ring (bicyclic) bond motifs is 1. The molecular formula is C15H19BrN2O. The SMILES string of the molecule is CNc1c(C(C)C)c(C)nc2c(Br)ccc(OC)c12. The monoisotopic (exact) mass is 322 g/mol. The zero-order valence-electron chi connectivity index (χ0n) is 12.0. The fourth-order valence-electron chi connectivity index (χ4n) is 2.58. The second kappa shape index (κ2) is 5.37. The van der Waals surface area contributed by atoms with Gasteiger partial charge in [0.05, 0.1) is 23.7 Å². The summed E-state index contributed by atoms with van der Waals surface area (Å²) in [6, 6.07) is 3.94. The Morgan fingerprint density at radius 3 is 2.53 bits per heavy atom. The Morgan fingerprint density at radius 1 is 1.32 bits per heavy atom. The molecule has 1 N–H and O–H groups in total. The van der Waals surface area contributed by atoms with Gasteiger partial charge in [-0.1, -0.05) is 13.8 Å². The molecule has 1 heterocycles. The predicted octanol–water partition coefficient (Wildman–Crippen LogP) is 4.48. The number of aromatic nitrogens is 1. The van der Waals surface area contributed by atoms with E-state index in [9.17, 15) is 0 Å². The van der Waals surface area contributed by atoms with E-state index in [-0.39, 0.29) is 0 Å². The van der Waals surface area contributed by atoms with Gasteiger partial charge in [0.15, 0.2) is 0 Å². The van der Waals surface area contributed by atoms with Crippen molar-refractivity contribution in [3.8, 4) is 5.75 Å². The average molecular weight is 323 g/mol. The number of benzene rings is 1. The molecule has 0 amide bonds. The van der Waals surface area contributed by atoms with Crippen molar-refractivity contribution in [2.75, 3.05) is 19.5 Å². The minimum Gasteiger partial charge on any atom is -0.496 e. The van der Waals surface area contributed by atoms with Crippen molar-refractivity contribution in [1.82, 2.24) is 4.98 Å². The summed E-state index contributed by atoms with van der Waals surface area (Å²) in [5.74, 6) is 1.25. The molecule has 0 fully saturated rings. The number of hydrogen-bond acceptors (Lipinski definition) is 3. The fraction of sp³-hybridized carbons (Fsp3) is 0.400. The Balaban J connectivity index is 2.98. The maximum atomic E-state index is 5.50. The van der Waals surface area contributed by atoms with E-state index >= 15 is 0 Å². The third-order valence-electron chi connectivity index (χ3n) is 3.33. The maximum Gasteiger partial charge on any atom is 0.130 e. The van der Waals surface area contributed by atoms with Crippen molar-refractivity contribution >= 4 is 32.5 Å². The number of ether oxygens (including phenoxy) is 1. The van der Waals surface area contributed by atoms with Crippen molar-refractivity contribution in [3.63, 3.8) is 0 Å². The highest BCUT2D eigenvalue weighted by molar-refractivity contribution is 9.10. The maximum absolute atomic E-state index is 5.50. The molecule has 0 saturated heterocycles. The summed E-state index contributed by atoms with van der Waals surface area (Å²) in [5.41, 5.74) is 4.34. The first-order valence-corrected chi connectivity index (χ1v) is 7.15. The number of methoxy groups -OCH3 is 1. The summed E-state index contributed by atoms with van der Waals surface area (Å²) in [7, 11) is 3.64. The third-order valence-corrected chi connectivity index (χ3v) is 3.97. The van der Waals surface area contributed by atoms with E-state index in [2.05, 4.69) is 42.0 Å². The quantitative estimate of drug-likeness (QED) is 0.904. The summed E-state index contributed by atoms with van der Waals surface area (Å²) >= 11 is 3.57. The lowest BCUT2D eigenvalue weighted by atomic mass is 9.96. The van der Waals surface area contributed by atoms with Gasteiger partial charge in [0.25, 0.3) is 0 Å². The van der Waals surface area contributed by atoms with Gasteiger partial charge < -0.3 is 10.1 Å². The summed E-state index contributed by atoms with van der Waals surface area (Å²) in [5, 5.41) is 4.36. The molecule has 0 atom stereocenters. The van der Waals surface area contributed by atoms with Gasteiger partial charge >= 0.3 is 0 Å². The van der Waals surface area contributed by atoms with Crippen LogP contribution in [0.15, 0.2) is 16.6 Å². The van der Waals surface area contributed by atoms with Crippen molar-refractivity contribution in [3.05, 3.63) is 27.9 Å². The number of aryl methyl sites for hydroxylation is 1. The van der Waals surface area contributed by atoms with Crippen LogP contribution in [0.25, 0.3) is 10.9 Å². The van der Waals surface area contributed by atoms with E-state index in [1.807, 2.05) is 19.2 Å². The molecule has 0 radical (unpaired) electrons. The van der Waals surface area contributed by atoms with Gasteiger partial charge in [-0.2, -0.15) is 0 Å². The number of pyridine rings is 1. The molecule has 4 heteroatoms. The van der Waals surface area contributed by atoms with Crippen molar-refractivity contribution < 1.29 is 4.74 Å². The lowest BCUT2D eigenvalue weighted by Crippen LogP contribution is -2.05. The fourth-order valence-corrected chi connectivity index (χ4v) is 3.00. The lowest BCUT2D eigenvalue weighted by molar-refractivity contribution is 0.420. The highest BCUT2D eigenvalue weighted by Crippen LogP contribution is 2.40. The summed E-state index contributed by atoms with van der Waals surface area (Å²) in [4.78, 5) is 4.75. The lowest BCUT2D eigenvalue weighted by Gasteiger charge is -2.19. The Labute approximate surface area is 122 Å². The number of hydrogen-bond donors (Lipinski definition) is 1. The third kappa shape index (κ3) is 2.29. The minimum atomic E-state index is 0.406. The Morgan fingerprint density at radius 2 is 2.00 bits per heavy atom. The molecule has 2 aromatic rings. The van der Waals surface area contributed by atoms with Crippen LogP contribution in [0.4, 0.5) is 5.69 Å². The highest BCUT2D eigenvalue weighted by Gasteiger charge is 2.18. The van der Waals surface area contributed by atoms with Crippen molar-refractivity contribution in [1.29, 1.82) is 0 Å². The molecule has 0 saturated carbocycles. The average Bonchev–Trinajstić information content (AvgIpc) is 2.38. The topological polar surface area (TPSA) is 34.2 Å². The van der Waals surface area contributed by atoms with E-state index in [0.717, 1.165) is 32.5 Å². The molecule has 1 aromatic carbocycles. The Bertz CT molecular complexity index is 623. The highest BCUT2D eigenvalue weighted by atomic mass is 79.9. The van der Waals surface area contributed by atoms with Crippen molar-refractivity contribution in [2.24, 2.45) is 0 Å². The van der Waals surface area contributed by atoms with Crippen LogP contribution in [-0.2, 0) is 0 Å². The van der Waals surface area contributed by atoms with Crippen LogP contribution in [0.5, 0.6) is 5.75 Å². The molecule has 3 nitrogen and oxygen atoms in total. The smallest absolute Gasteiger partial charge is 0.130 e. The Kier molecular flexibility index (Phi) is 3.99. The van der Waals surface area contributed by atoms with Crippen LogP contribution in [0, 0.1) is 6.92 Å². The standard InChI is InChI=1S/C15H19BrN2O/c1-8(2)12-9(3)18-14-10(16)6-7-11(19-5)13(14)15(12)17-4/h6-8H,1-5H3,(H,17,18). The molecule has 0 aliphatic heterocycles. The van der Waals surface area contributed by atoms with Crippen LogP contribution in [0.3, 0.4) is 0 Å². The van der Waals surface area contributed by atoms with Crippen LogP contribution < -0.4 is 10.1 Å². The van der Waals surface area contributed by atoms with Crippen LogP contribution >= 0.6 is 15.9 Å². The molecular weight excluding hydrogens is 304 g/mol. The molecule has 0 aliphatic rings. The van der Waals surface area contributed by atoms with Gasteiger partial charge in [-0.05, 0) is 46.5 Å².